The molecule has 79 valence electrons. The van der Waals surface area contributed by atoms with Gasteiger partial charge in [-0.25, -0.2) is 0 Å². The van der Waals surface area contributed by atoms with Crippen molar-refractivity contribution in [3.63, 3.8) is 0 Å². The first-order valence-corrected chi connectivity index (χ1v) is 7.00. The molecule has 0 amide bonds. The fourth-order valence-corrected chi connectivity index (χ4v) is 4.69. The Morgan fingerprint density at radius 1 is 1.47 bits per heavy atom. The number of aromatic nitrogens is 2. The molecule has 1 fully saturated rings. The topological polar surface area (TPSA) is 31.9 Å². The second kappa shape index (κ2) is 4.18. The zero-order valence-corrected chi connectivity index (χ0v) is 11.1. The van der Waals surface area contributed by atoms with E-state index < -0.39 is 0 Å². The number of nitrogens with zero attached hydrogens (tertiary/aromatic N) is 2. The molecule has 0 aliphatic carbocycles. The lowest BCUT2D eigenvalue weighted by atomic mass is 9.45. The van der Waals surface area contributed by atoms with E-state index in [1.54, 1.807) is 0 Å². The fraction of sp³-hybridized carbons (Fsp3) is 0.667. The van der Waals surface area contributed by atoms with Gasteiger partial charge < -0.3 is 4.72 Å². The largest absolute Gasteiger partial charge is 0.387 e. The van der Waals surface area contributed by atoms with Crippen molar-refractivity contribution in [2.45, 2.75) is 31.5 Å². The van der Waals surface area contributed by atoms with Crippen LogP contribution in [0.4, 0.5) is 0 Å². The van der Waals surface area contributed by atoms with Crippen molar-refractivity contribution in [1.82, 2.24) is 14.9 Å². The van der Waals surface area contributed by atoms with Gasteiger partial charge in [0.2, 0.25) is 13.7 Å². The van der Waals surface area contributed by atoms with Gasteiger partial charge in [-0.05, 0) is 18.6 Å². The minimum Gasteiger partial charge on any atom is -0.387 e. The van der Waals surface area contributed by atoms with E-state index in [1.807, 2.05) is 6.20 Å². The number of hydrogen-bond donors (Lipinski definition) is 1. The van der Waals surface area contributed by atoms with E-state index in [0.29, 0.717) is 28.7 Å². The summed E-state index contributed by atoms with van der Waals surface area (Å²) >= 11 is 0. The van der Waals surface area contributed by atoms with Gasteiger partial charge in [0.1, 0.15) is 0 Å². The highest BCUT2D eigenvalue weighted by molar-refractivity contribution is 6.88. The lowest BCUT2D eigenvalue weighted by Gasteiger charge is -2.41. The van der Waals surface area contributed by atoms with Crippen LogP contribution in [0.25, 0.3) is 0 Å². The van der Waals surface area contributed by atoms with Crippen LogP contribution in [0.3, 0.4) is 0 Å². The molecule has 0 spiro atoms. The van der Waals surface area contributed by atoms with E-state index in [1.165, 1.54) is 5.69 Å². The van der Waals surface area contributed by atoms with Crippen LogP contribution >= 0.6 is 0 Å². The SMILES string of the molecule is CB1C(C)[SiH]C(c2ccn[nH]2)B(C)N1C. The zero-order chi connectivity index (χ0) is 11.0. The molecule has 2 unspecified atom stereocenters. The number of H-pyrrole nitrogens is 1. The van der Waals surface area contributed by atoms with E-state index in [-0.39, 0.29) is 0 Å². The van der Waals surface area contributed by atoms with Crippen molar-refractivity contribution in [3.8, 4) is 0 Å². The Balaban J connectivity index is 2.20. The van der Waals surface area contributed by atoms with Gasteiger partial charge in [0, 0.05) is 21.4 Å². The average molecular weight is 218 g/mol. The number of aromatic amines is 1. The van der Waals surface area contributed by atoms with Crippen LogP contribution in [0.1, 0.15) is 18.1 Å². The Kier molecular flexibility index (Phi) is 3.07. The highest BCUT2D eigenvalue weighted by atomic mass is 28.2. The first-order valence-electron chi connectivity index (χ1n) is 5.67. The Morgan fingerprint density at radius 3 is 2.80 bits per heavy atom. The van der Waals surface area contributed by atoms with Crippen LogP contribution in [0, 0.1) is 0 Å². The standard InChI is InChI=1S/C9H18B2N3Si/c1-7-10(2)14(4)11(3)9(15-7)8-5-6-12-13-8/h5-7,9,15H,1-4H3,(H,12,13). The quantitative estimate of drug-likeness (QED) is 0.712. The van der Waals surface area contributed by atoms with Crippen molar-refractivity contribution in [2.75, 3.05) is 7.05 Å². The van der Waals surface area contributed by atoms with Crippen molar-refractivity contribution < 1.29 is 0 Å². The lowest BCUT2D eigenvalue weighted by Crippen LogP contribution is -2.56. The third-order valence-electron chi connectivity index (χ3n) is 3.96. The third kappa shape index (κ3) is 1.93. The summed E-state index contributed by atoms with van der Waals surface area (Å²) in [5.74, 6) is 0. The Hall–Kier alpha value is -0.483. The van der Waals surface area contributed by atoms with Crippen LogP contribution in [-0.2, 0) is 0 Å². The molecule has 1 aromatic rings. The first-order chi connectivity index (χ1) is 7.11. The summed E-state index contributed by atoms with van der Waals surface area (Å²) < 4.78 is 2.51. The Labute approximate surface area is 95.0 Å². The van der Waals surface area contributed by atoms with Crippen molar-refractivity contribution in [2.24, 2.45) is 0 Å². The molecule has 1 aliphatic rings. The summed E-state index contributed by atoms with van der Waals surface area (Å²) in [6.45, 7) is 8.41. The Bertz CT molecular complexity index is 319. The van der Waals surface area contributed by atoms with Crippen LogP contribution in [0.5, 0.6) is 0 Å². The molecule has 1 saturated heterocycles. The molecule has 0 aromatic carbocycles. The maximum atomic E-state index is 4.07. The van der Waals surface area contributed by atoms with Crippen molar-refractivity contribution in [1.29, 1.82) is 0 Å². The van der Waals surface area contributed by atoms with E-state index >= 15 is 0 Å². The molecule has 1 N–H and O–H groups in total. The second-order valence-corrected chi connectivity index (χ2v) is 6.89. The van der Waals surface area contributed by atoms with Crippen LogP contribution < -0.4 is 0 Å². The second-order valence-electron chi connectivity index (χ2n) is 4.74. The molecule has 2 rings (SSSR count). The summed E-state index contributed by atoms with van der Waals surface area (Å²) in [6, 6.07) is 2.13. The summed E-state index contributed by atoms with van der Waals surface area (Å²) in [6.07, 6.45) is 1.87. The van der Waals surface area contributed by atoms with Gasteiger partial charge >= 0.3 is 0 Å². The van der Waals surface area contributed by atoms with Crippen molar-refractivity contribution in [3.05, 3.63) is 18.0 Å². The van der Waals surface area contributed by atoms with Crippen LogP contribution in [-0.4, -0.2) is 45.2 Å². The van der Waals surface area contributed by atoms with Gasteiger partial charge in [-0.15, -0.1) is 0 Å². The average Bonchev–Trinajstić information content (AvgIpc) is 2.73. The maximum absolute atomic E-state index is 4.07. The van der Waals surface area contributed by atoms with Crippen molar-refractivity contribution >= 4 is 23.2 Å². The van der Waals surface area contributed by atoms with Gasteiger partial charge in [-0.2, -0.15) is 5.10 Å². The lowest BCUT2D eigenvalue weighted by molar-refractivity contribution is 0.753. The smallest absolute Gasteiger partial charge is 0.214 e. The summed E-state index contributed by atoms with van der Waals surface area (Å²) in [5, 5.41) is 7.21. The van der Waals surface area contributed by atoms with E-state index in [4.69, 9.17) is 0 Å². The molecule has 15 heavy (non-hydrogen) atoms. The summed E-state index contributed by atoms with van der Waals surface area (Å²) in [4.78, 5) is 0. The molecule has 2 atom stereocenters. The maximum Gasteiger partial charge on any atom is 0.214 e. The number of hydrogen-bond acceptors (Lipinski definition) is 2. The van der Waals surface area contributed by atoms with Gasteiger partial charge in [0.25, 0.3) is 0 Å². The third-order valence-corrected chi connectivity index (χ3v) is 6.45. The number of rotatable bonds is 1. The predicted octanol–water partition coefficient (Wildman–Crippen LogP) is 0.962. The summed E-state index contributed by atoms with van der Waals surface area (Å²) in [7, 11) is 2.71. The molecular formula is C9H18B2N3Si. The zero-order valence-electron chi connectivity index (χ0n) is 9.94. The van der Waals surface area contributed by atoms with Crippen LogP contribution in [0.2, 0.25) is 19.1 Å². The molecule has 6 heteroatoms. The molecular weight excluding hydrogens is 200 g/mol. The molecule has 1 aliphatic heterocycles. The fourth-order valence-electron chi connectivity index (χ4n) is 2.46. The predicted molar refractivity (Wildman–Crippen MR) is 68.9 cm³/mol. The van der Waals surface area contributed by atoms with Gasteiger partial charge in [-0.3, -0.25) is 5.10 Å². The highest BCUT2D eigenvalue weighted by Gasteiger charge is 2.40. The van der Waals surface area contributed by atoms with E-state index in [9.17, 15) is 0 Å². The molecule has 2 heterocycles. The Morgan fingerprint density at radius 2 is 2.20 bits per heavy atom. The van der Waals surface area contributed by atoms with E-state index in [2.05, 4.69) is 48.6 Å². The van der Waals surface area contributed by atoms with Gasteiger partial charge in [-0.1, -0.05) is 26.0 Å². The molecule has 1 radical (unpaired) electrons. The number of nitrogens with one attached hydrogen (secondary N) is 1. The molecule has 3 nitrogen and oxygen atoms in total. The van der Waals surface area contributed by atoms with Gasteiger partial charge in [0.15, 0.2) is 0 Å². The van der Waals surface area contributed by atoms with Crippen LogP contribution in [0.15, 0.2) is 12.3 Å². The minimum atomic E-state index is 0.466. The monoisotopic (exact) mass is 218 g/mol. The summed E-state index contributed by atoms with van der Waals surface area (Å²) in [5.41, 5.74) is 2.84. The van der Waals surface area contributed by atoms with E-state index in [0.717, 1.165) is 5.44 Å². The normalized spacial score (nSPS) is 28.5. The highest BCUT2D eigenvalue weighted by Crippen LogP contribution is 2.29. The minimum absolute atomic E-state index is 0.466. The molecule has 1 aromatic heterocycles. The first kappa shape index (κ1) is 11.0. The van der Waals surface area contributed by atoms with Gasteiger partial charge in [0.05, 0.1) is 0 Å². The molecule has 0 bridgehead atoms. The molecule has 0 saturated carbocycles.